The average Bonchev–Trinajstić information content (AvgIpc) is 3.13. The van der Waals surface area contributed by atoms with Crippen LogP contribution in [0.5, 0.6) is 17.2 Å². The van der Waals surface area contributed by atoms with Crippen LogP contribution in [0.1, 0.15) is 24.2 Å². The van der Waals surface area contributed by atoms with Gasteiger partial charge in [-0.1, -0.05) is 0 Å². The maximum Gasteiger partial charge on any atom is 0.335 e. The number of aromatic hydroxyl groups is 1. The fraction of sp³-hybridized carbons (Fsp3) is 0.200. The summed E-state index contributed by atoms with van der Waals surface area (Å²) in [6.07, 6.45) is 0. The van der Waals surface area contributed by atoms with Crippen molar-refractivity contribution >= 4 is 17.3 Å². The summed E-state index contributed by atoms with van der Waals surface area (Å²) in [6.45, 7) is 4.89. The molecule has 1 aromatic heterocycles. The fourth-order valence-electron chi connectivity index (χ4n) is 2.61. The van der Waals surface area contributed by atoms with Gasteiger partial charge in [0, 0.05) is 16.5 Å². The van der Waals surface area contributed by atoms with Gasteiger partial charge in [0.05, 0.1) is 24.5 Å². The van der Waals surface area contributed by atoms with E-state index in [1.165, 1.54) is 29.5 Å². The average molecular weight is 385 g/mol. The van der Waals surface area contributed by atoms with E-state index < -0.39 is 5.97 Å². The molecule has 6 nitrogen and oxygen atoms in total. The molecule has 3 rings (SSSR count). The molecule has 0 bridgehead atoms. The van der Waals surface area contributed by atoms with Crippen molar-refractivity contribution in [2.24, 2.45) is 0 Å². The van der Waals surface area contributed by atoms with Crippen molar-refractivity contribution in [2.75, 3.05) is 13.2 Å². The number of phenols is 1. The molecule has 0 aliphatic carbocycles. The minimum Gasteiger partial charge on any atom is -0.508 e. The van der Waals surface area contributed by atoms with E-state index in [0.717, 1.165) is 10.6 Å². The first-order chi connectivity index (χ1) is 13.0. The second-order valence-electron chi connectivity index (χ2n) is 5.64. The fourth-order valence-corrected chi connectivity index (χ4v) is 3.43. The van der Waals surface area contributed by atoms with Gasteiger partial charge in [0.15, 0.2) is 11.5 Å². The molecule has 3 aromatic rings. The van der Waals surface area contributed by atoms with Gasteiger partial charge in [-0.05, 0) is 50.2 Å². The van der Waals surface area contributed by atoms with E-state index in [9.17, 15) is 9.90 Å². The van der Waals surface area contributed by atoms with Crippen molar-refractivity contribution in [2.45, 2.75) is 13.8 Å². The number of carboxylic acid groups (broad SMARTS) is 1. The lowest BCUT2D eigenvalue weighted by Gasteiger charge is -2.11. The minimum atomic E-state index is -1.10. The Kier molecular flexibility index (Phi) is 5.61. The summed E-state index contributed by atoms with van der Waals surface area (Å²) in [6, 6.07) is 9.82. The number of nitrogens with zero attached hydrogens (tertiary/aromatic N) is 1. The van der Waals surface area contributed by atoms with E-state index in [4.69, 9.17) is 14.6 Å². The van der Waals surface area contributed by atoms with E-state index in [1.807, 2.05) is 37.4 Å². The van der Waals surface area contributed by atoms with Gasteiger partial charge in [0.1, 0.15) is 10.8 Å². The van der Waals surface area contributed by atoms with Crippen LogP contribution in [0.25, 0.3) is 21.8 Å². The largest absolute Gasteiger partial charge is 0.508 e. The van der Waals surface area contributed by atoms with Gasteiger partial charge in [-0.25, -0.2) is 9.78 Å². The molecule has 0 spiro atoms. The zero-order valence-electron chi connectivity index (χ0n) is 14.9. The summed E-state index contributed by atoms with van der Waals surface area (Å²) < 4.78 is 11.2. The predicted octanol–water partition coefficient (Wildman–Crippen LogP) is 4.68. The molecule has 2 aromatic carbocycles. The number of carboxylic acids is 1. The maximum absolute atomic E-state index is 11.2. The number of rotatable bonds is 7. The Morgan fingerprint density at radius 2 is 1.78 bits per heavy atom. The number of hydrogen-bond donors (Lipinski definition) is 2. The second kappa shape index (κ2) is 8.09. The molecule has 7 heteroatoms. The highest BCUT2D eigenvalue weighted by atomic mass is 32.1. The molecule has 2 N–H and O–H groups in total. The van der Waals surface area contributed by atoms with E-state index in [1.54, 1.807) is 0 Å². The monoisotopic (exact) mass is 385 g/mol. The van der Waals surface area contributed by atoms with E-state index in [2.05, 4.69) is 4.98 Å². The lowest BCUT2D eigenvalue weighted by Crippen LogP contribution is -1.98. The van der Waals surface area contributed by atoms with Crippen molar-refractivity contribution in [1.29, 1.82) is 0 Å². The molecule has 0 fully saturated rings. The smallest absolute Gasteiger partial charge is 0.335 e. The summed E-state index contributed by atoms with van der Waals surface area (Å²) in [5.41, 5.74) is 2.03. The Morgan fingerprint density at radius 1 is 1.04 bits per heavy atom. The van der Waals surface area contributed by atoms with Gasteiger partial charge >= 0.3 is 5.97 Å². The molecule has 140 valence electrons. The lowest BCUT2D eigenvalue weighted by atomic mass is 10.1. The maximum atomic E-state index is 11.2. The number of hydrogen-bond acceptors (Lipinski definition) is 6. The van der Waals surface area contributed by atoms with Crippen molar-refractivity contribution in [3.05, 3.63) is 47.3 Å². The van der Waals surface area contributed by atoms with Crippen LogP contribution in [-0.4, -0.2) is 34.4 Å². The number of carbonyl (C=O) groups is 1. The third-order valence-corrected chi connectivity index (χ3v) is 4.65. The first-order valence-electron chi connectivity index (χ1n) is 8.45. The van der Waals surface area contributed by atoms with Gasteiger partial charge in [-0.15, -0.1) is 11.3 Å². The van der Waals surface area contributed by atoms with Crippen LogP contribution in [0.3, 0.4) is 0 Å². The highest BCUT2D eigenvalue weighted by Gasteiger charge is 2.13. The molecule has 27 heavy (non-hydrogen) atoms. The van der Waals surface area contributed by atoms with Crippen LogP contribution in [0.15, 0.2) is 41.8 Å². The first-order valence-corrected chi connectivity index (χ1v) is 9.33. The molecule has 0 saturated heterocycles. The Labute approximate surface area is 160 Å². The minimum absolute atomic E-state index is 0.0132. The molecule has 0 unspecified atom stereocenters. The number of aromatic carboxylic acids is 1. The predicted molar refractivity (Wildman–Crippen MR) is 104 cm³/mol. The zero-order valence-corrected chi connectivity index (χ0v) is 15.7. The van der Waals surface area contributed by atoms with Crippen molar-refractivity contribution in [3.63, 3.8) is 0 Å². The molecule has 0 aliphatic heterocycles. The van der Waals surface area contributed by atoms with Crippen LogP contribution >= 0.6 is 11.3 Å². The molecule has 0 radical (unpaired) electrons. The van der Waals surface area contributed by atoms with Crippen LogP contribution in [-0.2, 0) is 0 Å². The molecule has 0 atom stereocenters. The van der Waals surface area contributed by atoms with Gasteiger partial charge in [0.2, 0.25) is 0 Å². The van der Waals surface area contributed by atoms with E-state index in [0.29, 0.717) is 36.0 Å². The quantitative estimate of drug-likeness (QED) is 0.614. The summed E-state index contributed by atoms with van der Waals surface area (Å²) >= 11 is 1.43. The molecule has 0 aliphatic rings. The van der Waals surface area contributed by atoms with Crippen molar-refractivity contribution < 1.29 is 24.5 Å². The topological polar surface area (TPSA) is 88.9 Å². The standard InChI is InChI=1S/C20H19NO5S/c1-3-25-17-6-5-12(10-18(17)26-4-2)19-21-16(11-27-19)13-7-14(20(23)24)9-15(22)8-13/h5-11,22H,3-4H2,1-2H3,(H,23,24). The number of ether oxygens (including phenoxy) is 2. The SMILES string of the molecule is CCOc1ccc(-c2nc(-c3cc(O)cc(C(=O)O)c3)cs2)cc1OCC. The number of benzene rings is 2. The molecule has 0 amide bonds. The molecule has 1 heterocycles. The Hall–Kier alpha value is -3.06. The van der Waals surface area contributed by atoms with E-state index >= 15 is 0 Å². The second-order valence-corrected chi connectivity index (χ2v) is 6.50. The third-order valence-electron chi connectivity index (χ3n) is 3.76. The molecular formula is C20H19NO5S. The normalized spacial score (nSPS) is 10.6. The highest BCUT2D eigenvalue weighted by Crippen LogP contribution is 2.36. The molecule has 0 saturated carbocycles. The van der Waals surface area contributed by atoms with Gasteiger partial charge < -0.3 is 19.7 Å². The first kappa shape index (κ1) is 18.7. The van der Waals surface area contributed by atoms with E-state index in [-0.39, 0.29) is 11.3 Å². The van der Waals surface area contributed by atoms with Crippen molar-refractivity contribution in [1.82, 2.24) is 4.98 Å². The van der Waals surface area contributed by atoms with Gasteiger partial charge in [0.25, 0.3) is 0 Å². The summed E-state index contributed by atoms with van der Waals surface area (Å²) in [5, 5.41) is 21.5. The highest BCUT2D eigenvalue weighted by molar-refractivity contribution is 7.13. The van der Waals surface area contributed by atoms with Gasteiger partial charge in [-0.2, -0.15) is 0 Å². The number of phenolic OH excluding ortho intramolecular Hbond substituents is 1. The number of aromatic nitrogens is 1. The Morgan fingerprint density at radius 3 is 2.48 bits per heavy atom. The van der Waals surface area contributed by atoms with Crippen molar-refractivity contribution in [3.8, 4) is 39.1 Å². The van der Waals surface area contributed by atoms with Crippen LogP contribution in [0.4, 0.5) is 0 Å². The summed E-state index contributed by atoms with van der Waals surface area (Å²) in [5.74, 6) is 0.118. The lowest BCUT2D eigenvalue weighted by molar-refractivity contribution is 0.0696. The Bertz CT molecular complexity index is 967. The molecular weight excluding hydrogens is 366 g/mol. The van der Waals surface area contributed by atoms with Gasteiger partial charge in [-0.3, -0.25) is 0 Å². The summed E-state index contributed by atoms with van der Waals surface area (Å²) in [4.78, 5) is 15.8. The number of thiazole rings is 1. The van der Waals surface area contributed by atoms with Crippen LogP contribution in [0.2, 0.25) is 0 Å². The summed E-state index contributed by atoms with van der Waals surface area (Å²) in [7, 11) is 0. The third kappa shape index (κ3) is 4.20. The zero-order chi connectivity index (χ0) is 19.4. The Balaban J connectivity index is 1.96. The van der Waals surface area contributed by atoms with Crippen LogP contribution < -0.4 is 9.47 Å². The van der Waals surface area contributed by atoms with Crippen LogP contribution in [0, 0.1) is 0 Å².